The number of halogens is 1. The van der Waals surface area contributed by atoms with Crippen molar-refractivity contribution in [3.05, 3.63) is 113 Å². The highest BCUT2D eigenvalue weighted by Gasteiger charge is 2.23. The SMILES string of the molecule is Cc1ccc(S(=O)(=O)n2cc(-c3ccc(C(=O)N(C)c4ccccc4)cc3)c3cc(Br)cnc32)cc1. The van der Waals surface area contributed by atoms with Gasteiger partial charge in [-0.2, -0.15) is 0 Å². The first kappa shape index (κ1) is 24.0. The second kappa shape index (κ2) is 9.37. The molecule has 8 heteroatoms. The number of aryl methyl sites for hydroxylation is 1. The summed E-state index contributed by atoms with van der Waals surface area (Å²) in [5.41, 5.74) is 4.10. The van der Waals surface area contributed by atoms with Gasteiger partial charge in [-0.05, 0) is 70.9 Å². The summed E-state index contributed by atoms with van der Waals surface area (Å²) in [6.45, 7) is 1.91. The van der Waals surface area contributed by atoms with Gasteiger partial charge in [-0.15, -0.1) is 0 Å². The predicted octanol–water partition coefficient (Wildman–Crippen LogP) is 6.29. The Labute approximate surface area is 218 Å². The Hall–Kier alpha value is -3.75. The summed E-state index contributed by atoms with van der Waals surface area (Å²) in [4.78, 5) is 19.2. The molecule has 5 rings (SSSR count). The van der Waals surface area contributed by atoms with Crippen LogP contribution in [0.3, 0.4) is 0 Å². The van der Waals surface area contributed by atoms with Crippen LogP contribution >= 0.6 is 15.9 Å². The van der Waals surface area contributed by atoms with Gasteiger partial charge in [-0.1, -0.05) is 48.0 Å². The number of fused-ring (bicyclic) bond motifs is 1. The van der Waals surface area contributed by atoms with E-state index in [2.05, 4.69) is 20.9 Å². The number of hydrogen-bond acceptors (Lipinski definition) is 4. The van der Waals surface area contributed by atoms with E-state index >= 15 is 0 Å². The van der Waals surface area contributed by atoms with Crippen molar-refractivity contribution in [1.82, 2.24) is 8.96 Å². The summed E-state index contributed by atoms with van der Waals surface area (Å²) in [5, 5.41) is 0.681. The summed E-state index contributed by atoms with van der Waals surface area (Å²) >= 11 is 3.45. The fraction of sp³-hybridized carbons (Fsp3) is 0.0714. The summed E-state index contributed by atoms with van der Waals surface area (Å²) in [5.74, 6) is -0.137. The van der Waals surface area contributed by atoms with Gasteiger partial charge in [-0.25, -0.2) is 17.4 Å². The molecule has 0 fully saturated rings. The van der Waals surface area contributed by atoms with E-state index in [0.29, 0.717) is 22.2 Å². The minimum Gasteiger partial charge on any atom is -0.311 e. The van der Waals surface area contributed by atoms with Gasteiger partial charge in [0.25, 0.3) is 15.9 Å². The van der Waals surface area contributed by atoms with Crippen molar-refractivity contribution in [2.24, 2.45) is 0 Å². The third-order valence-electron chi connectivity index (χ3n) is 6.05. The Kier molecular flexibility index (Phi) is 6.24. The molecular formula is C28H22BrN3O3S. The van der Waals surface area contributed by atoms with Gasteiger partial charge in [0.15, 0.2) is 5.65 Å². The summed E-state index contributed by atoms with van der Waals surface area (Å²) in [7, 11) is -2.13. The Bertz CT molecular complexity index is 1680. The van der Waals surface area contributed by atoms with Crippen molar-refractivity contribution in [1.29, 1.82) is 0 Å². The van der Waals surface area contributed by atoms with Crippen LogP contribution in [0.4, 0.5) is 5.69 Å². The molecular weight excluding hydrogens is 538 g/mol. The molecule has 1 amide bonds. The normalized spacial score (nSPS) is 11.5. The van der Waals surface area contributed by atoms with Gasteiger partial charge in [-0.3, -0.25) is 4.79 Å². The summed E-state index contributed by atoms with van der Waals surface area (Å²) < 4.78 is 29.0. The van der Waals surface area contributed by atoms with Crippen molar-refractivity contribution in [3.8, 4) is 11.1 Å². The van der Waals surface area contributed by atoms with Gasteiger partial charge in [0.2, 0.25) is 0 Å². The lowest BCUT2D eigenvalue weighted by molar-refractivity contribution is 0.0993. The number of rotatable bonds is 5. The van der Waals surface area contributed by atoms with Crippen LogP contribution in [-0.4, -0.2) is 30.3 Å². The molecule has 3 aromatic carbocycles. The molecule has 2 heterocycles. The number of aromatic nitrogens is 2. The van der Waals surface area contributed by atoms with Crippen LogP contribution in [0.25, 0.3) is 22.2 Å². The number of pyridine rings is 1. The van der Waals surface area contributed by atoms with Crippen LogP contribution in [0, 0.1) is 6.92 Å². The molecule has 0 N–H and O–H groups in total. The predicted molar refractivity (Wildman–Crippen MR) is 146 cm³/mol. The number of amides is 1. The molecule has 0 aliphatic rings. The maximum Gasteiger partial charge on any atom is 0.269 e. The standard InChI is InChI=1S/C28H22BrN3O3S/c1-19-8-14-24(15-9-19)36(34,35)32-18-26(25-16-22(29)17-30-27(25)32)20-10-12-21(13-11-20)28(33)31(2)23-6-4-3-5-7-23/h3-18H,1-2H3. The van der Waals surface area contributed by atoms with E-state index < -0.39 is 10.0 Å². The van der Waals surface area contributed by atoms with Gasteiger partial charge < -0.3 is 4.90 Å². The van der Waals surface area contributed by atoms with Gasteiger partial charge >= 0.3 is 0 Å². The van der Waals surface area contributed by atoms with Crippen LogP contribution in [0.2, 0.25) is 0 Å². The second-order valence-electron chi connectivity index (χ2n) is 8.46. The highest BCUT2D eigenvalue weighted by atomic mass is 79.9. The fourth-order valence-electron chi connectivity index (χ4n) is 4.05. The molecule has 0 aliphatic heterocycles. The van der Waals surface area contributed by atoms with E-state index in [9.17, 15) is 13.2 Å². The average molecular weight is 560 g/mol. The number of nitrogens with zero attached hydrogens (tertiary/aromatic N) is 3. The first-order valence-electron chi connectivity index (χ1n) is 11.2. The van der Waals surface area contributed by atoms with E-state index in [1.165, 1.54) is 3.97 Å². The van der Waals surface area contributed by atoms with Crippen molar-refractivity contribution < 1.29 is 13.2 Å². The summed E-state index contributed by atoms with van der Waals surface area (Å²) in [6.07, 6.45) is 3.17. The van der Waals surface area contributed by atoms with Gasteiger partial charge in [0.1, 0.15) is 0 Å². The van der Waals surface area contributed by atoms with Crippen LogP contribution in [0.5, 0.6) is 0 Å². The lowest BCUT2D eigenvalue weighted by Crippen LogP contribution is -2.25. The third kappa shape index (κ3) is 4.34. The highest BCUT2D eigenvalue weighted by Crippen LogP contribution is 2.34. The molecule has 0 unspecified atom stereocenters. The second-order valence-corrected chi connectivity index (χ2v) is 11.2. The van der Waals surface area contributed by atoms with Gasteiger partial charge in [0, 0.05) is 46.1 Å². The van der Waals surface area contributed by atoms with E-state index in [4.69, 9.17) is 0 Å². The zero-order valence-corrected chi connectivity index (χ0v) is 22.0. The Morgan fingerprint density at radius 3 is 2.28 bits per heavy atom. The summed E-state index contributed by atoms with van der Waals surface area (Å²) in [6, 6.07) is 25.1. The Balaban J connectivity index is 1.56. The number of benzene rings is 3. The Morgan fingerprint density at radius 1 is 0.944 bits per heavy atom. The monoisotopic (exact) mass is 559 g/mol. The molecule has 0 atom stereocenters. The molecule has 0 bridgehead atoms. The number of carbonyl (C=O) groups excluding carboxylic acids is 1. The molecule has 180 valence electrons. The first-order chi connectivity index (χ1) is 17.3. The number of carbonyl (C=O) groups is 1. The topological polar surface area (TPSA) is 72.3 Å². The third-order valence-corrected chi connectivity index (χ3v) is 8.15. The number of para-hydroxylation sites is 1. The van der Waals surface area contributed by atoms with Crippen molar-refractivity contribution in [3.63, 3.8) is 0 Å². The van der Waals surface area contributed by atoms with Crippen LogP contribution in [0.1, 0.15) is 15.9 Å². The maximum absolute atomic E-state index is 13.5. The molecule has 0 radical (unpaired) electrons. The molecule has 0 saturated carbocycles. The molecule has 0 spiro atoms. The largest absolute Gasteiger partial charge is 0.311 e. The van der Waals surface area contributed by atoms with E-state index in [1.807, 2.05) is 55.5 Å². The zero-order valence-electron chi connectivity index (χ0n) is 19.6. The van der Waals surface area contributed by atoms with Crippen molar-refractivity contribution in [2.75, 3.05) is 11.9 Å². The molecule has 0 saturated heterocycles. The van der Waals surface area contributed by atoms with Gasteiger partial charge in [0.05, 0.1) is 4.90 Å². The van der Waals surface area contributed by atoms with Crippen molar-refractivity contribution >= 4 is 48.6 Å². The minimum atomic E-state index is -3.87. The lowest BCUT2D eigenvalue weighted by atomic mass is 10.0. The molecule has 36 heavy (non-hydrogen) atoms. The average Bonchev–Trinajstić information content (AvgIpc) is 3.28. The highest BCUT2D eigenvalue weighted by molar-refractivity contribution is 9.10. The minimum absolute atomic E-state index is 0.137. The maximum atomic E-state index is 13.5. The van der Waals surface area contributed by atoms with E-state index in [0.717, 1.165) is 21.3 Å². The fourth-order valence-corrected chi connectivity index (χ4v) is 5.70. The van der Waals surface area contributed by atoms with E-state index in [-0.39, 0.29) is 10.8 Å². The van der Waals surface area contributed by atoms with Crippen LogP contribution < -0.4 is 4.90 Å². The van der Waals surface area contributed by atoms with E-state index in [1.54, 1.807) is 60.7 Å². The number of hydrogen-bond donors (Lipinski definition) is 0. The molecule has 6 nitrogen and oxygen atoms in total. The quantitative estimate of drug-likeness (QED) is 0.253. The number of anilines is 1. The first-order valence-corrected chi connectivity index (χ1v) is 13.4. The lowest BCUT2D eigenvalue weighted by Gasteiger charge is -2.17. The zero-order chi connectivity index (χ0) is 25.4. The molecule has 5 aromatic rings. The van der Waals surface area contributed by atoms with Crippen LogP contribution in [-0.2, 0) is 10.0 Å². The smallest absolute Gasteiger partial charge is 0.269 e. The molecule has 2 aromatic heterocycles. The molecule has 0 aliphatic carbocycles. The van der Waals surface area contributed by atoms with Crippen LogP contribution in [0.15, 0.2) is 107 Å². The Morgan fingerprint density at radius 2 is 1.61 bits per heavy atom. The van der Waals surface area contributed by atoms with Crippen molar-refractivity contribution in [2.45, 2.75) is 11.8 Å².